The predicted octanol–water partition coefficient (Wildman–Crippen LogP) is 1.98. The Kier molecular flexibility index (Phi) is 6.25. The average Bonchev–Trinajstić information content (AvgIpc) is 2.69. The highest BCUT2D eigenvalue weighted by molar-refractivity contribution is 5.86. The van der Waals surface area contributed by atoms with Crippen LogP contribution in [-0.2, 0) is 24.2 Å². The summed E-state index contributed by atoms with van der Waals surface area (Å²) in [5, 5.41) is 6.14. The van der Waals surface area contributed by atoms with Crippen LogP contribution in [0.3, 0.4) is 0 Å². The number of guanidine groups is 1. The van der Waals surface area contributed by atoms with Gasteiger partial charge in [-0.2, -0.15) is 0 Å². The summed E-state index contributed by atoms with van der Waals surface area (Å²) >= 11 is 0. The van der Waals surface area contributed by atoms with Gasteiger partial charge in [-0.25, -0.2) is 0 Å². The van der Waals surface area contributed by atoms with E-state index < -0.39 is 0 Å². The van der Waals surface area contributed by atoms with Gasteiger partial charge < -0.3 is 15.5 Å². The molecule has 2 aromatic rings. The van der Waals surface area contributed by atoms with E-state index in [1.807, 2.05) is 18.2 Å². The maximum absolute atomic E-state index is 12.1. The van der Waals surface area contributed by atoms with Crippen LogP contribution >= 0.6 is 0 Å². The van der Waals surface area contributed by atoms with Gasteiger partial charge >= 0.3 is 0 Å². The van der Waals surface area contributed by atoms with Crippen molar-refractivity contribution in [3.05, 3.63) is 71.3 Å². The first-order valence-corrected chi connectivity index (χ1v) is 9.09. The smallest absolute Gasteiger partial charge is 0.239 e. The zero-order valence-electron chi connectivity index (χ0n) is 15.2. The summed E-state index contributed by atoms with van der Waals surface area (Å²) in [7, 11) is 1.76. The molecule has 0 aromatic heterocycles. The largest absolute Gasteiger partial charge is 0.354 e. The van der Waals surface area contributed by atoms with Crippen LogP contribution in [0.4, 0.5) is 0 Å². The van der Waals surface area contributed by atoms with Crippen LogP contribution in [0.1, 0.15) is 16.7 Å². The molecule has 136 valence electrons. The molecule has 2 N–H and O–H groups in total. The summed E-state index contributed by atoms with van der Waals surface area (Å²) in [6, 6.07) is 18.7. The van der Waals surface area contributed by atoms with E-state index in [1.165, 1.54) is 16.7 Å². The molecule has 0 spiro atoms. The van der Waals surface area contributed by atoms with Gasteiger partial charge in [-0.05, 0) is 29.5 Å². The van der Waals surface area contributed by atoms with Gasteiger partial charge in [0.1, 0.15) is 0 Å². The molecule has 0 fully saturated rings. The summed E-state index contributed by atoms with van der Waals surface area (Å²) in [5.74, 6) is 0.761. The molecule has 1 amide bonds. The van der Waals surface area contributed by atoms with Crippen LogP contribution in [0.5, 0.6) is 0 Å². The fourth-order valence-corrected chi connectivity index (χ4v) is 3.22. The molecule has 0 radical (unpaired) electrons. The Labute approximate surface area is 155 Å². The van der Waals surface area contributed by atoms with Crippen LogP contribution in [-0.4, -0.2) is 43.4 Å². The molecular weight excluding hydrogens is 324 g/mol. The second-order valence-electron chi connectivity index (χ2n) is 6.43. The van der Waals surface area contributed by atoms with Crippen LogP contribution in [0, 0.1) is 0 Å². The number of nitrogens with zero attached hydrogens (tertiary/aromatic N) is 2. The Bertz CT molecular complexity index is 758. The third kappa shape index (κ3) is 4.85. The predicted molar refractivity (Wildman–Crippen MR) is 105 cm³/mol. The topological polar surface area (TPSA) is 56.7 Å². The molecule has 0 atom stereocenters. The number of hydrogen-bond donors (Lipinski definition) is 2. The van der Waals surface area contributed by atoms with Crippen LogP contribution in [0.15, 0.2) is 59.6 Å². The lowest BCUT2D eigenvalue weighted by molar-refractivity contribution is -0.120. The second kappa shape index (κ2) is 9.04. The van der Waals surface area contributed by atoms with Crippen molar-refractivity contribution in [2.75, 3.05) is 26.7 Å². The Balaban J connectivity index is 1.43. The van der Waals surface area contributed by atoms with E-state index in [0.29, 0.717) is 6.54 Å². The summed E-state index contributed by atoms with van der Waals surface area (Å²) in [6.07, 6.45) is 1.84. The monoisotopic (exact) mass is 350 g/mol. The first-order chi connectivity index (χ1) is 12.8. The summed E-state index contributed by atoms with van der Waals surface area (Å²) in [5.41, 5.74) is 3.95. The molecule has 0 bridgehead atoms. The number of hydrogen-bond acceptors (Lipinski definition) is 2. The van der Waals surface area contributed by atoms with E-state index in [4.69, 9.17) is 0 Å². The molecule has 0 aliphatic carbocycles. The number of fused-ring (bicyclic) bond motifs is 1. The average molecular weight is 350 g/mol. The van der Waals surface area contributed by atoms with Crippen molar-refractivity contribution in [2.45, 2.75) is 19.4 Å². The molecule has 2 aromatic carbocycles. The molecule has 0 saturated heterocycles. The lowest BCUT2D eigenvalue weighted by Crippen LogP contribution is -2.47. The van der Waals surface area contributed by atoms with Crippen molar-refractivity contribution in [3.8, 4) is 0 Å². The fraction of sp³-hybridized carbons (Fsp3) is 0.333. The van der Waals surface area contributed by atoms with Crippen molar-refractivity contribution in [1.29, 1.82) is 0 Å². The number of aliphatic imine (C=N–C) groups is 1. The number of carbonyl (C=O) groups is 1. The van der Waals surface area contributed by atoms with E-state index in [-0.39, 0.29) is 12.5 Å². The van der Waals surface area contributed by atoms with Gasteiger partial charge in [-0.15, -0.1) is 0 Å². The lowest BCUT2D eigenvalue weighted by Gasteiger charge is -2.31. The maximum Gasteiger partial charge on any atom is 0.239 e. The van der Waals surface area contributed by atoms with Gasteiger partial charge in [0.05, 0.1) is 6.54 Å². The second-order valence-corrected chi connectivity index (χ2v) is 6.43. The first kappa shape index (κ1) is 18.0. The van der Waals surface area contributed by atoms with Crippen molar-refractivity contribution >= 4 is 11.9 Å². The minimum Gasteiger partial charge on any atom is -0.354 e. The highest BCUT2D eigenvalue weighted by Gasteiger charge is 2.18. The van der Waals surface area contributed by atoms with Crippen LogP contribution in [0.2, 0.25) is 0 Å². The molecule has 1 aliphatic heterocycles. The maximum atomic E-state index is 12.1. The third-order valence-corrected chi connectivity index (χ3v) is 4.63. The minimum atomic E-state index is -0.0144. The molecule has 1 heterocycles. The van der Waals surface area contributed by atoms with Gasteiger partial charge in [-0.1, -0.05) is 54.6 Å². The number of nitrogens with one attached hydrogen (secondary N) is 2. The van der Waals surface area contributed by atoms with Crippen molar-refractivity contribution in [2.24, 2.45) is 4.99 Å². The number of carbonyl (C=O) groups excluding carboxylic acids is 1. The van der Waals surface area contributed by atoms with E-state index in [0.717, 1.165) is 31.9 Å². The highest BCUT2D eigenvalue weighted by Crippen LogP contribution is 2.18. The molecular formula is C21H26N4O. The Morgan fingerprint density at radius 3 is 2.54 bits per heavy atom. The summed E-state index contributed by atoms with van der Waals surface area (Å²) in [6.45, 7) is 2.61. The molecule has 1 aliphatic rings. The summed E-state index contributed by atoms with van der Waals surface area (Å²) < 4.78 is 0. The first-order valence-electron chi connectivity index (χ1n) is 9.09. The zero-order chi connectivity index (χ0) is 18.2. The van der Waals surface area contributed by atoms with Crippen LogP contribution in [0.25, 0.3) is 0 Å². The van der Waals surface area contributed by atoms with E-state index in [9.17, 15) is 4.79 Å². The van der Waals surface area contributed by atoms with Crippen LogP contribution < -0.4 is 10.6 Å². The third-order valence-electron chi connectivity index (χ3n) is 4.63. The Morgan fingerprint density at radius 2 is 1.77 bits per heavy atom. The van der Waals surface area contributed by atoms with Crippen molar-refractivity contribution in [1.82, 2.24) is 15.5 Å². The zero-order valence-corrected chi connectivity index (χ0v) is 15.2. The van der Waals surface area contributed by atoms with Gasteiger partial charge in [-0.3, -0.25) is 9.79 Å². The van der Waals surface area contributed by atoms with Crippen molar-refractivity contribution < 1.29 is 4.79 Å². The SMILES string of the molecule is CN=C(NCC(=O)NCCc1ccccc1)N1CCc2ccccc2C1. The highest BCUT2D eigenvalue weighted by atomic mass is 16.1. The number of amides is 1. The van der Waals surface area contributed by atoms with Gasteiger partial charge in [0.25, 0.3) is 0 Å². The van der Waals surface area contributed by atoms with E-state index in [1.54, 1.807) is 7.05 Å². The minimum absolute atomic E-state index is 0.0144. The lowest BCUT2D eigenvalue weighted by atomic mass is 10.0. The molecule has 3 rings (SSSR count). The molecule has 5 heteroatoms. The normalized spacial score (nSPS) is 13.9. The number of benzene rings is 2. The Hall–Kier alpha value is -2.82. The fourth-order valence-electron chi connectivity index (χ4n) is 3.22. The molecule has 0 unspecified atom stereocenters. The quantitative estimate of drug-likeness (QED) is 0.640. The standard InChI is InChI=1S/C21H26N4O/c1-22-21(25-14-12-18-9-5-6-10-19(18)16-25)24-15-20(26)23-13-11-17-7-3-2-4-8-17/h2-10H,11-16H2,1H3,(H,22,24)(H,23,26). The van der Waals surface area contributed by atoms with E-state index in [2.05, 4.69) is 56.9 Å². The molecule has 5 nitrogen and oxygen atoms in total. The molecule has 26 heavy (non-hydrogen) atoms. The van der Waals surface area contributed by atoms with E-state index >= 15 is 0 Å². The summed E-state index contributed by atoms with van der Waals surface area (Å²) in [4.78, 5) is 18.6. The Morgan fingerprint density at radius 1 is 1.04 bits per heavy atom. The number of rotatable bonds is 5. The molecule has 0 saturated carbocycles. The van der Waals surface area contributed by atoms with Gasteiger partial charge in [0.15, 0.2) is 5.96 Å². The van der Waals surface area contributed by atoms with Gasteiger partial charge in [0, 0.05) is 26.7 Å². The van der Waals surface area contributed by atoms with Crippen molar-refractivity contribution in [3.63, 3.8) is 0 Å². The van der Waals surface area contributed by atoms with Gasteiger partial charge in [0.2, 0.25) is 5.91 Å².